The summed E-state index contributed by atoms with van der Waals surface area (Å²) in [5, 5.41) is 9.01. The van der Waals surface area contributed by atoms with Gasteiger partial charge in [0.25, 0.3) is 0 Å². The highest BCUT2D eigenvalue weighted by molar-refractivity contribution is 7.80. The van der Waals surface area contributed by atoms with Gasteiger partial charge in [0.2, 0.25) is 0 Å². The first-order valence-electron chi connectivity index (χ1n) is 5.65. The molecule has 0 unspecified atom stereocenters. The molecule has 0 spiro atoms. The van der Waals surface area contributed by atoms with Crippen LogP contribution in [0.5, 0.6) is 0 Å². The Morgan fingerprint density at radius 3 is 2.25 bits per heavy atom. The molecule has 0 aromatic rings. The van der Waals surface area contributed by atoms with Crippen LogP contribution in [-0.4, -0.2) is 42.3 Å². The fraction of sp³-hybridized carbons (Fsp3) is 0.909. The van der Waals surface area contributed by atoms with Crippen molar-refractivity contribution in [2.45, 2.75) is 38.9 Å². The van der Waals surface area contributed by atoms with Crippen LogP contribution >= 0.6 is 12.6 Å². The van der Waals surface area contributed by atoms with Crippen LogP contribution in [0, 0.1) is 0 Å². The minimum absolute atomic E-state index is 0.0466. The molecule has 0 aliphatic carbocycles. The zero-order valence-corrected chi connectivity index (χ0v) is 11.0. The van der Waals surface area contributed by atoms with Crippen LogP contribution in [-0.2, 0) is 14.3 Å². The molecule has 0 aromatic carbocycles. The third-order valence-corrected chi connectivity index (χ3v) is 2.39. The van der Waals surface area contributed by atoms with Gasteiger partial charge in [-0.05, 0) is 19.6 Å². The summed E-state index contributed by atoms with van der Waals surface area (Å²) in [7, 11) is 0. The maximum Gasteiger partial charge on any atom is 0.177 e. The van der Waals surface area contributed by atoms with Crippen LogP contribution in [0.15, 0.2) is 0 Å². The van der Waals surface area contributed by atoms with Gasteiger partial charge in [-0.1, -0.05) is 0 Å². The Labute approximate surface area is 103 Å². The third kappa shape index (κ3) is 5.84. The molecular weight excluding hydrogens is 228 g/mol. The number of aliphatic hydroxyl groups is 1. The molecule has 0 bridgehead atoms. The number of ether oxygens (including phenoxy) is 2. The lowest BCUT2D eigenvalue weighted by Crippen LogP contribution is -2.39. The van der Waals surface area contributed by atoms with Gasteiger partial charge in [0.1, 0.15) is 5.78 Å². The van der Waals surface area contributed by atoms with Gasteiger partial charge in [0, 0.05) is 32.7 Å². The van der Waals surface area contributed by atoms with E-state index in [4.69, 9.17) is 14.6 Å². The lowest BCUT2D eigenvalue weighted by atomic mass is 10.0. The van der Waals surface area contributed by atoms with E-state index in [1.807, 2.05) is 13.8 Å². The van der Waals surface area contributed by atoms with Gasteiger partial charge in [0.05, 0.1) is 6.42 Å². The van der Waals surface area contributed by atoms with Crippen molar-refractivity contribution in [3.05, 3.63) is 0 Å². The highest BCUT2D eigenvalue weighted by atomic mass is 32.1. The van der Waals surface area contributed by atoms with E-state index in [0.29, 0.717) is 31.8 Å². The molecule has 0 saturated heterocycles. The van der Waals surface area contributed by atoms with Crippen molar-refractivity contribution in [3.63, 3.8) is 0 Å². The number of hydrogen-bond donors (Lipinski definition) is 2. The van der Waals surface area contributed by atoms with E-state index >= 15 is 0 Å². The molecule has 4 nitrogen and oxygen atoms in total. The first kappa shape index (κ1) is 15.9. The quantitative estimate of drug-likeness (QED) is 0.455. The number of hydrogen-bond acceptors (Lipinski definition) is 5. The molecule has 0 heterocycles. The van der Waals surface area contributed by atoms with Gasteiger partial charge in [-0.15, -0.1) is 0 Å². The van der Waals surface area contributed by atoms with Crippen LogP contribution in [0.1, 0.15) is 33.1 Å². The lowest BCUT2D eigenvalue weighted by molar-refractivity contribution is -0.241. The van der Waals surface area contributed by atoms with Crippen LogP contribution in [0.3, 0.4) is 0 Å². The van der Waals surface area contributed by atoms with Crippen LogP contribution < -0.4 is 0 Å². The van der Waals surface area contributed by atoms with Gasteiger partial charge in [-0.2, -0.15) is 12.6 Å². The summed E-state index contributed by atoms with van der Waals surface area (Å²) in [6, 6.07) is 0. The Hall–Kier alpha value is -0.100. The summed E-state index contributed by atoms with van der Waals surface area (Å²) in [5.41, 5.74) is 0. The number of carbonyl (C=O) groups is 1. The molecule has 0 aliphatic heterocycles. The molecule has 0 atom stereocenters. The van der Waals surface area contributed by atoms with Crippen molar-refractivity contribution < 1.29 is 19.4 Å². The minimum Gasteiger partial charge on any atom is -0.396 e. The molecular formula is C11H22O4S. The topological polar surface area (TPSA) is 55.8 Å². The lowest BCUT2D eigenvalue weighted by Gasteiger charge is -2.32. The zero-order chi connectivity index (χ0) is 12.4. The number of carbonyl (C=O) groups excluding carboxylic acids is 1. The van der Waals surface area contributed by atoms with Gasteiger partial charge in [-0.25, -0.2) is 0 Å². The fourth-order valence-corrected chi connectivity index (χ4v) is 1.84. The van der Waals surface area contributed by atoms with E-state index in [0.717, 1.165) is 0 Å². The normalized spacial score (nSPS) is 11.8. The molecule has 96 valence electrons. The Balaban J connectivity index is 4.51. The molecule has 0 radical (unpaired) electrons. The highest BCUT2D eigenvalue weighted by Crippen LogP contribution is 2.23. The molecule has 0 rings (SSSR count). The summed E-state index contributed by atoms with van der Waals surface area (Å²) >= 11 is 4.01. The summed E-state index contributed by atoms with van der Waals surface area (Å²) in [5.74, 6) is -0.393. The van der Waals surface area contributed by atoms with Gasteiger partial charge >= 0.3 is 0 Å². The van der Waals surface area contributed by atoms with Crippen molar-refractivity contribution in [2.75, 3.05) is 25.6 Å². The summed E-state index contributed by atoms with van der Waals surface area (Å²) in [6.45, 7) is 4.53. The third-order valence-electron chi connectivity index (χ3n) is 2.16. The van der Waals surface area contributed by atoms with Crippen molar-refractivity contribution >= 4 is 18.4 Å². The zero-order valence-electron chi connectivity index (χ0n) is 10.1. The van der Waals surface area contributed by atoms with E-state index in [2.05, 4.69) is 12.6 Å². The standard InChI is InChI=1S/C11H22O4S/c1-3-14-11(6-7-12,15-4-2)9-10(13)5-8-16/h12,16H,3-9H2,1-2H3. The second kappa shape index (κ2) is 8.98. The Kier molecular flexibility index (Phi) is 8.93. The molecule has 1 N–H and O–H groups in total. The van der Waals surface area contributed by atoms with Crippen molar-refractivity contribution in [1.82, 2.24) is 0 Å². The van der Waals surface area contributed by atoms with E-state index in [9.17, 15) is 4.79 Å². The number of rotatable bonds is 10. The Morgan fingerprint density at radius 1 is 1.31 bits per heavy atom. The fourth-order valence-electron chi connectivity index (χ4n) is 1.59. The molecule has 5 heteroatoms. The second-order valence-electron chi connectivity index (χ2n) is 3.44. The molecule has 0 saturated carbocycles. The molecule has 16 heavy (non-hydrogen) atoms. The predicted molar refractivity (Wildman–Crippen MR) is 65.8 cm³/mol. The number of Topliss-reactive ketones (excluding diaryl/α,β-unsaturated/α-hetero) is 1. The van der Waals surface area contributed by atoms with E-state index in [-0.39, 0.29) is 18.8 Å². The number of thiol groups is 1. The Bertz CT molecular complexity index is 179. The molecule has 0 fully saturated rings. The largest absolute Gasteiger partial charge is 0.396 e. The van der Waals surface area contributed by atoms with E-state index in [1.54, 1.807) is 0 Å². The van der Waals surface area contributed by atoms with Crippen molar-refractivity contribution in [1.29, 1.82) is 0 Å². The van der Waals surface area contributed by atoms with Gasteiger partial charge in [0.15, 0.2) is 5.79 Å². The predicted octanol–water partition coefficient (Wildman–Crippen LogP) is 1.42. The van der Waals surface area contributed by atoms with Crippen molar-refractivity contribution in [2.24, 2.45) is 0 Å². The molecule has 0 aromatic heterocycles. The molecule has 0 aliphatic rings. The maximum absolute atomic E-state index is 11.6. The minimum atomic E-state index is -0.960. The number of aliphatic hydroxyl groups excluding tert-OH is 1. The van der Waals surface area contributed by atoms with Crippen LogP contribution in [0.4, 0.5) is 0 Å². The SMILES string of the molecule is CCOC(CCO)(CC(=O)CCS)OCC. The van der Waals surface area contributed by atoms with Gasteiger partial charge < -0.3 is 14.6 Å². The summed E-state index contributed by atoms with van der Waals surface area (Å²) < 4.78 is 11.0. The first-order chi connectivity index (χ1) is 7.64. The first-order valence-corrected chi connectivity index (χ1v) is 6.28. The monoisotopic (exact) mass is 250 g/mol. The van der Waals surface area contributed by atoms with E-state index < -0.39 is 5.79 Å². The molecule has 0 amide bonds. The van der Waals surface area contributed by atoms with Crippen molar-refractivity contribution in [3.8, 4) is 0 Å². The Morgan fingerprint density at radius 2 is 1.88 bits per heavy atom. The summed E-state index contributed by atoms with van der Waals surface area (Å²) in [4.78, 5) is 11.6. The van der Waals surface area contributed by atoms with Crippen LogP contribution in [0.25, 0.3) is 0 Å². The number of ketones is 1. The highest BCUT2D eigenvalue weighted by Gasteiger charge is 2.33. The maximum atomic E-state index is 11.6. The average Bonchev–Trinajstić information content (AvgIpc) is 2.18. The smallest absolute Gasteiger partial charge is 0.177 e. The average molecular weight is 250 g/mol. The van der Waals surface area contributed by atoms with E-state index in [1.165, 1.54) is 0 Å². The van der Waals surface area contributed by atoms with Gasteiger partial charge in [-0.3, -0.25) is 4.79 Å². The second-order valence-corrected chi connectivity index (χ2v) is 3.89. The summed E-state index contributed by atoms with van der Waals surface area (Å²) in [6.07, 6.45) is 0.888. The van der Waals surface area contributed by atoms with Crippen LogP contribution in [0.2, 0.25) is 0 Å².